The molecule has 0 radical (unpaired) electrons. The molecular weight excluding hydrogens is 375 g/mol. The minimum Gasteiger partial charge on any atom is -0.354 e. The Bertz CT molecular complexity index is 1140. The predicted octanol–water partition coefficient (Wildman–Crippen LogP) is 1.64. The van der Waals surface area contributed by atoms with Crippen molar-refractivity contribution in [2.24, 2.45) is 0 Å². The van der Waals surface area contributed by atoms with E-state index in [2.05, 4.69) is 10.3 Å². The van der Waals surface area contributed by atoms with E-state index >= 15 is 0 Å². The van der Waals surface area contributed by atoms with Gasteiger partial charge in [-0.25, -0.2) is 9.18 Å². The summed E-state index contributed by atoms with van der Waals surface area (Å²) in [4.78, 5) is 40.6. The highest BCUT2D eigenvalue weighted by Crippen LogP contribution is 2.18. The summed E-state index contributed by atoms with van der Waals surface area (Å²) < 4.78 is 14.9. The van der Waals surface area contributed by atoms with Crippen molar-refractivity contribution in [1.82, 2.24) is 19.8 Å². The molecule has 1 aromatic heterocycles. The normalized spacial score (nSPS) is 12.3. The van der Waals surface area contributed by atoms with Crippen molar-refractivity contribution in [2.75, 3.05) is 20.6 Å². The summed E-state index contributed by atoms with van der Waals surface area (Å²) >= 11 is 0. The van der Waals surface area contributed by atoms with Gasteiger partial charge in [0.15, 0.2) is 0 Å². The molecule has 2 aromatic carbocycles. The Balaban J connectivity index is 1.68. The van der Waals surface area contributed by atoms with E-state index in [1.54, 1.807) is 30.3 Å². The fourth-order valence-corrected chi connectivity index (χ4v) is 3.29. The maximum Gasteiger partial charge on any atom is 0.328 e. The predicted molar refractivity (Wildman–Crippen MR) is 109 cm³/mol. The lowest BCUT2D eigenvalue weighted by Crippen LogP contribution is -2.36. The van der Waals surface area contributed by atoms with Crippen LogP contribution in [0.2, 0.25) is 0 Å². The maximum atomic E-state index is 13.5. The number of para-hydroxylation sites is 1. The van der Waals surface area contributed by atoms with E-state index in [1.165, 1.54) is 16.7 Å². The molecule has 0 bridgehead atoms. The maximum absolute atomic E-state index is 13.5. The second kappa shape index (κ2) is 8.83. The quantitative estimate of drug-likeness (QED) is 0.633. The lowest BCUT2D eigenvalue weighted by molar-refractivity contribution is -0.121. The van der Waals surface area contributed by atoms with Crippen molar-refractivity contribution in [2.45, 2.75) is 19.0 Å². The molecule has 0 spiro atoms. The topological polar surface area (TPSA) is 87.2 Å². The SMILES string of the molecule is CN(C)[C@@H](CNC(=O)CCn1c(=O)[nH]c(=O)c2ccccc21)c1cccc(F)c1. The minimum absolute atomic E-state index is 0.0687. The highest BCUT2D eigenvalue weighted by Gasteiger charge is 2.16. The van der Waals surface area contributed by atoms with Gasteiger partial charge < -0.3 is 10.2 Å². The van der Waals surface area contributed by atoms with Gasteiger partial charge in [-0.3, -0.25) is 19.1 Å². The first-order valence-corrected chi connectivity index (χ1v) is 9.27. The number of rotatable bonds is 7. The molecule has 7 nitrogen and oxygen atoms in total. The second-order valence-electron chi connectivity index (χ2n) is 7.02. The number of aromatic amines is 1. The largest absolute Gasteiger partial charge is 0.354 e. The highest BCUT2D eigenvalue weighted by molar-refractivity contribution is 5.78. The summed E-state index contributed by atoms with van der Waals surface area (Å²) in [5.41, 5.74) is 0.251. The molecule has 0 aliphatic carbocycles. The van der Waals surface area contributed by atoms with Crippen LogP contribution in [0.25, 0.3) is 10.9 Å². The van der Waals surface area contributed by atoms with Crippen molar-refractivity contribution >= 4 is 16.8 Å². The van der Waals surface area contributed by atoms with Gasteiger partial charge in [0.25, 0.3) is 5.56 Å². The Morgan fingerprint density at radius 2 is 1.93 bits per heavy atom. The number of nitrogens with zero attached hydrogens (tertiary/aromatic N) is 2. The monoisotopic (exact) mass is 398 g/mol. The van der Waals surface area contributed by atoms with Gasteiger partial charge in [-0.1, -0.05) is 24.3 Å². The molecule has 0 aliphatic heterocycles. The molecule has 0 aliphatic rings. The number of H-pyrrole nitrogens is 1. The van der Waals surface area contributed by atoms with Gasteiger partial charge in [0.05, 0.1) is 16.9 Å². The molecule has 8 heteroatoms. The number of nitrogens with one attached hydrogen (secondary N) is 2. The van der Waals surface area contributed by atoms with Crippen molar-refractivity contribution in [3.05, 3.63) is 80.7 Å². The Morgan fingerprint density at radius 3 is 2.66 bits per heavy atom. The number of hydrogen-bond donors (Lipinski definition) is 2. The first kappa shape index (κ1) is 20.5. The summed E-state index contributed by atoms with van der Waals surface area (Å²) in [7, 11) is 3.71. The number of carbonyl (C=O) groups is 1. The van der Waals surface area contributed by atoms with Crippen molar-refractivity contribution < 1.29 is 9.18 Å². The number of amides is 1. The number of fused-ring (bicyclic) bond motifs is 1. The van der Waals surface area contributed by atoms with Crippen LogP contribution in [-0.2, 0) is 11.3 Å². The molecule has 1 atom stereocenters. The van der Waals surface area contributed by atoms with Crippen LogP contribution in [0.15, 0.2) is 58.1 Å². The zero-order chi connectivity index (χ0) is 21.0. The lowest BCUT2D eigenvalue weighted by Gasteiger charge is -2.25. The standard InChI is InChI=1S/C21H23FN4O3/c1-25(2)18(14-6-5-7-15(22)12-14)13-23-19(27)10-11-26-17-9-4-3-8-16(17)20(28)24-21(26)29/h3-9,12,18H,10-11,13H2,1-2H3,(H,23,27)(H,24,28,29)/t18-/m0/s1. The van der Waals surface area contributed by atoms with Crippen molar-refractivity contribution in [1.29, 1.82) is 0 Å². The van der Waals surface area contributed by atoms with Gasteiger partial charge in [0.2, 0.25) is 5.91 Å². The first-order chi connectivity index (χ1) is 13.9. The number of likely N-dealkylation sites (N-methyl/N-ethyl adjacent to an activating group) is 1. The molecule has 3 aromatic rings. The van der Waals surface area contributed by atoms with Gasteiger partial charge in [-0.2, -0.15) is 0 Å². The van der Waals surface area contributed by atoms with Crippen LogP contribution in [0, 0.1) is 5.82 Å². The summed E-state index contributed by atoms with van der Waals surface area (Å²) in [5, 5.41) is 3.24. The summed E-state index contributed by atoms with van der Waals surface area (Å²) in [6, 6.07) is 12.8. The molecule has 3 rings (SSSR count). The number of halogens is 1. The summed E-state index contributed by atoms with van der Waals surface area (Å²) in [6.07, 6.45) is 0.0687. The van der Waals surface area contributed by atoms with Crippen molar-refractivity contribution in [3.63, 3.8) is 0 Å². The van der Waals surface area contributed by atoms with Crippen LogP contribution in [-0.4, -0.2) is 41.0 Å². The Morgan fingerprint density at radius 1 is 1.17 bits per heavy atom. The van der Waals surface area contributed by atoms with E-state index < -0.39 is 11.2 Å². The number of hydrogen-bond acceptors (Lipinski definition) is 4. The van der Waals surface area contributed by atoms with E-state index in [9.17, 15) is 18.8 Å². The van der Waals surface area contributed by atoms with Crippen molar-refractivity contribution in [3.8, 4) is 0 Å². The number of aryl methyl sites for hydroxylation is 1. The molecule has 2 N–H and O–H groups in total. The van der Waals surface area contributed by atoms with E-state index in [0.717, 1.165) is 5.56 Å². The average Bonchev–Trinajstić information content (AvgIpc) is 2.68. The average molecular weight is 398 g/mol. The smallest absolute Gasteiger partial charge is 0.328 e. The van der Waals surface area contributed by atoms with Crippen LogP contribution in [0.4, 0.5) is 4.39 Å². The third-order valence-corrected chi connectivity index (χ3v) is 4.82. The van der Waals surface area contributed by atoms with Gasteiger partial charge >= 0.3 is 5.69 Å². The van der Waals surface area contributed by atoms with Crippen LogP contribution in [0.1, 0.15) is 18.0 Å². The zero-order valence-corrected chi connectivity index (χ0v) is 16.3. The molecule has 152 valence electrons. The molecular formula is C21H23FN4O3. The third-order valence-electron chi connectivity index (χ3n) is 4.82. The minimum atomic E-state index is -0.549. The summed E-state index contributed by atoms with van der Waals surface area (Å²) in [5.74, 6) is -0.569. The van der Waals surface area contributed by atoms with Crippen LogP contribution < -0.4 is 16.6 Å². The summed E-state index contributed by atoms with van der Waals surface area (Å²) in [6.45, 7) is 0.436. The Labute approximate surface area is 166 Å². The van der Waals surface area contributed by atoms with E-state index in [1.807, 2.05) is 25.1 Å². The van der Waals surface area contributed by atoms with E-state index in [0.29, 0.717) is 17.4 Å². The first-order valence-electron chi connectivity index (χ1n) is 9.27. The number of carbonyl (C=O) groups excluding carboxylic acids is 1. The Hall–Kier alpha value is -3.26. The number of aromatic nitrogens is 2. The molecule has 0 fully saturated rings. The Kier molecular flexibility index (Phi) is 6.23. The highest BCUT2D eigenvalue weighted by atomic mass is 19.1. The van der Waals surface area contributed by atoms with Crippen LogP contribution in [0.5, 0.6) is 0 Å². The molecule has 0 unspecified atom stereocenters. The molecule has 0 saturated heterocycles. The second-order valence-corrected chi connectivity index (χ2v) is 7.02. The fraction of sp³-hybridized carbons (Fsp3) is 0.286. The van der Waals surface area contributed by atoms with Gasteiger partial charge in [0, 0.05) is 19.5 Å². The van der Waals surface area contributed by atoms with Crippen LogP contribution >= 0.6 is 0 Å². The fourth-order valence-electron chi connectivity index (χ4n) is 3.29. The van der Waals surface area contributed by atoms with Gasteiger partial charge in [-0.15, -0.1) is 0 Å². The molecule has 29 heavy (non-hydrogen) atoms. The zero-order valence-electron chi connectivity index (χ0n) is 16.3. The lowest BCUT2D eigenvalue weighted by atomic mass is 10.1. The van der Waals surface area contributed by atoms with E-state index in [4.69, 9.17) is 0 Å². The third kappa shape index (κ3) is 4.78. The van der Waals surface area contributed by atoms with Gasteiger partial charge in [0.1, 0.15) is 5.82 Å². The number of benzene rings is 2. The molecule has 1 heterocycles. The molecule has 0 saturated carbocycles. The van der Waals surface area contributed by atoms with E-state index in [-0.39, 0.29) is 30.7 Å². The van der Waals surface area contributed by atoms with Gasteiger partial charge in [-0.05, 0) is 43.9 Å². The molecule has 1 amide bonds. The van der Waals surface area contributed by atoms with Crippen LogP contribution in [0.3, 0.4) is 0 Å².